The summed E-state index contributed by atoms with van der Waals surface area (Å²) in [6.45, 7) is 5.39. The topological polar surface area (TPSA) is 34.4 Å². The van der Waals surface area contributed by atoms with E-state index in [9.17, 15) is 0 Å². The van der Waals surface area contributed by atoms with E-state index >= 15 is 0 Å². The van der Waals surface area contributed by atoms with Gasteiger partial charge in [-0.05, 0) is 27.0 Å². The van der Waals surface area contributed by atoms with Gasteiger partial charge in [0.2, 0.25) is 0 Å². The van der Waals surface area contributed by atoms with Crippen molar-refractivity contribution < 1.29 is 9.15 Å². The average molecular weight is 233 g/mol. The van der Waals surface area contributed by atoms with Gasteiger partial charge in [0, 0.05) is 17.5 Å². The Balaban J connectivity index is 2.35. The summed E-state index contributed by atoms with van der Waals surface area (Å²) in [5, 5.41) is 4.35. The lowest BCUT2D eigenvalue weighted by molar-refractivity contribution is 0.0547. The van der Waals surface area contributed by atoms with Crippen LogP contribution in [-0.2, 0) is 17.9 Å². The van der Waals surface area contributed by atoms with Crippen LogP contribution in [0.3, 0.4) is 0 Å². The normalized spacial score (nSPS) is 11.5. The number of benzene rings is 1. The van der Waals surface area contributed by atoms with Crippen molar-refractivity contribution in [2.24, 2.45) is 0 Å². The van der Waals surface area contributed by atoms with Crippen molar-refractivity contribution in [2.45, 2.75) is 33.1 Å². The minimum absolute atomic E-state index is 0.214. The summed E-state index contributed by atoms with van der Waals surface area (Å²) in [6.07, 6.45) is 0.214. The zero-order valence-electron chi connectivity index (χ0n) is 10.6. The van der Waals surface area contributed by atoms with Gasteiger partial charge in [0.15, 0.2) is 0 Å². The minimum Gasteiger partial charge on any atom is -0.458 e. The third-order valence-electron chi connectivity index (χ3n) is 2.68. The highest BCUT2D eigenvalue weighted by Crippen LogP contribution is 2.26. The van der Waals surface area contributed by atoms with E-state index in [1.54, 1.807) is 0 Å². The summed E-state index contributed by atoms with van der Waals surface area (Å²) in [5.74, 6) is 0.925. The summed E-state index contributed by atoms with van der Waals surface area (Å²) in [4.78, 5) is 0. The highest BCUT2D eigenvalue weighted by Gasteiger charge is 2.13. The van der Waals surface area contributed by atoms with Gasteiger partial charge in [-0.1, -0.05) is 18.2 Å². The van der Waals surface area contributed by atoms with Gasteiger partial charge >= 0.3 is 0 Å². The monoisotopic (exact) mass is 233 g/mol. The van der Waals surface area contributed by atoms with Crippen molar-refractivity contribution in [1.29, 1.82) is 0 Å². The lowest BCUT2D eigenvalue weighted by Gasteiger charge is -2.07. The quantitative estimate of drug-likeness (QED) is 0.861. The fraction of sp³-hybridized carbons (Fsp3) is 0.429. The van der Waals surface area contributed by atoms with Crippen LogP contribution in [0.15, 0.2) is 28.7 Å². The van der Waals surface area contributed by atoms with E-state index in [1.807, 2.05) is 39.1 Å². The highest BCUT2D eigenvalue weighted by molar-refractivity contribution is 5.82. The lowest BCUT2D eigenvalue weighted by atomic mass is 10.1. The van der Waals surface area contributed by atoms with Crippen molar-refractivity contribution in [2.75, 3.05) is 7.05 Å². The zero-order valence-corrected chi connectivity index (χ0v) is 10.6. The molecule has 0 saturated heterocycles. The Morgan fingerprint density at radius 2 is 2.06 bits per heavy atom. The predicted octanol–water partition coefficient (Wildman–Crippen LogP) is 3.08. The van der Waals surface area contributed by atoms with E-state index in [4.69, 9.17) is 9.15 Å². The number of rotatable bonds is 5. The summed E-state index contributed by atoms with van der Waals surface area (Å²) >= 11 is 0. The Kier molecular flexibility index (Phi) is 3.82. The van der Waals surface area contributed by atoms with Crippen LogP contribution >= 0.6 is 0 Å². The predicted molar refractivity (Wildman–Crippen MR) is 68.9 cm³/mol. The molecule has 0 amide bonds. The summed E-state index contributed by atoms with van der Waals surface area (Å²) in [7, 11) is 1.94. The van der Waals surface area contributed by atoms with Crippen LogP contribution in [0, 0.1) is 0 Å². The molecule has 92 valence electrons. The SMILES string of the molecule is CNCc1c(COC(C)C)oc2ccccc12. The molecular weight excluding hydrogens is 214 g/mol. The summed E-state index contributed by atoms with van der Waals surface area (Å²) < 4.78 is 11.5. The number of ether oxygens (including phenoxy) is 1. The van der Waals surface area contributed by atoms with Crippen molar-refractivity contribution in [3.8, 4) is 0 Å². The number of hydrogen-bond acceptors (Lipinski definition) is 3. The van der Waals surface area contributed by atoms with Crippen LogP contribution in [0.2, 0.25) is 0 Å². The summed E-state index contributed by atoms with van der Waals surface area (Å²) in [6, 6.07) is 8.10. The third-order valence-corrected chi connectivity index (χ3v) is 2.68. The standard InChI is InChI=1S/C14H19NO2/c1-10(2)16-9-14-12(8-15-3)11-6-4-5-7-13(11)17-14/h4-7,10,15H,8-9H2,1-3H3. The number of furan rings is 1. The van der Waals surface area contributed by atoms with Gasteiger partial charge < -0.3 is 14.5 Å². The number of hydrogen-bond donors (Lipinski definition) is 1. The molecule has 0 aliphatic rings. The van der Waals surface area contributed by atoms with Gasteiger partial charge in [0.05, 0.1) is 6.10 Å². The Labute approximate surface area is 102 Å². The van der Waals surface area contributed by atoms with Crippen LogP contribution in [0.5, 0.6) is 0 Å². The number of para-hydroxylation sites is 1. The lowest BCUT2D eigenvalue weighted by Crippen LogP contribution is -2.08. The molecule has 0 bridgehead atoms. The van der Waals surface area contributed by atoms with Crippen LogP contribution in [0.25, 0.3) is 11.0 Å². The van der Waals surface area contributed by atoms with Crippen molar-refractivity contribution in [3.05, 3.63) is 35.6 Å². The maximum atomic E-state index is 5.84. The molecule has 3 heteroatoms. The zero-order chi connectivity index (χ0) is 12.3. The van der Waals surface area contributed by atoms with E-state index < -0.39 is 0 Å². The molecule has 1 aromatic heterocycles. The molecule has 1 N–H and O–H groups in total. The average Bonchev–Trinajstić information content (AvgIpc) is 2.66. The second-order valence-corrected chi connectivity index (χ2v) is 4.39. The Morgan fingerprint density at radius 1 is 1.29 bits per heavy atom. The van der Waals surface area contributed by atoms with E-state index in [-0.39, 0.29) is 6.10 Å². The highest BCUT2D eigenvalue weighted by atomic mass is 16.5. The molecule has 17 heavy (non-hydrogen) atoms. The Morgan fingerprint density at radius 3 is 2.76 bits per heavy atom. The Bertz CT molecular complexity index is 488. The first-order valence-electron chi connectivity index (χ1n) is 5.98. The van der Waals surface area contributed by atoms with E-state index in [2.05, 4.69) is 11.4 Å². The molecule has 1 heterocycles. The minimum atomic E-state index is 0.214. The maximum absolute atomic E-state index is 5.84. The molecule has 2 aromatic rings. The first-order chi connectivity index (χ1) is 8.22. The van der Waals surface area contributed by atoms with Crippen molar-refractivity contribution in [3.63, 3.8) is 0 Å². The first-order valence-corrected chi connectivity index (χ1v) is 5.98. The second kappa shape index (κ2) is 5.34. The molecule has 0 unspecified atom stereocenters. The van der Waals surface area contributed by atoms with Crippen LogP contribution in [0.4, 0.5) is 0 Å². The molecule has 0 aliphatic carbocycles. The smallest absolute Gasteiger partial charge is 0.135 e. The van der Waals surface area contributed by atoms with Gasteiger partial charge in [-0.3, -0.25) is 0 Å². The third kappa shape index (κ3) is 2.68. The molecule has 1 aromatic carbocycles. The van der Waals surface area contributed by atoms with E-state index in [0.717, 1.165) is 17.9 Å². The molecule has 3 nitrogen and oxygen atoms in total. The second-order valence-electron chi connectivity index (χ2n) is 4.39. The fourth-order valence-corrected chi connectivity index (χ4v) is 1.88. The molecule has 0 saturated carbocycles. The molecule has 0 aliphatic heterocycles. The van der Waals surface area contributed by atoms with E-state index in [0.29, 0.717) is 6.61 Å². The summed E-state index contributed by atoms with van der Waals surface area (Å²) in [5.41, 5.74) is 2.13. The molecule has 2 rings (SSSR count). The number of fused-ring (bicyclic) bond motifs is 1. The molecule has 0 fully saturated rings. The Hall–Kier alpha value is -1.32. The van der Waals surface area contributed by atoms with Crippen molar-refractivity contribution >= 4 is 11.0 Å². The van der Waals surface area contributed by atoms with Crippen LogP contribution in [0.1, 0.15) is 25.2 Å². The first kappa shape index (κ1) is 12.1. The molecule has 0 atom stereocenters. The van der Waals surface area contributed by atoms with Crippen LogP contribution < -0.4 is 5.32 Å². The van der Waals surface area contributed by atoms with Crippen molar-refractivity contribution in [1.82, 2.24) is 5.32 Å². The van der Waals surface area contributed by atoms with E-state index in [1.165, 1.54) is 10.9 Å². The van der Waals surface area contributed by atoms with Gasteiger partial charge in [0.25, 0.3) is 0 Å². The molecular formula is C14H19NO2. The molecule has 0 radical (unpaired) electrons. The largest absolute Gasteiger partial charge is 0.458 e. The maximum Gasteiger partial charge on any atom is 0.135 e. The number of nitrogens with one attached hydrogen (secondary N) is 1. The fourth-order valence-electron chi connectivity index (χ4n) is 1.88. The molecule has 0 spiro atoms. The van der Waals surface area contributed by atoms with Gasteiger partial charge in [-0.2, -0.15) is 0 Å². The van der Waals surface area contributed by atoms with Crippen LogP contribution in [-0.4, -0.2) is 13.2 Å². The van der Waals surface area contributed by atoms with Gasteiger partial charge in [-0.15, -0.1) is 0 Å². The van der Waals surface area contributed by atoms with Gasteiger partial charge in [0.1, 0.15) is 18.0 Å². The van der Waals surface area contributed by atoms with Gasteiger partial charge in [-0.25, -0.2) is 0 Å².